The highest BCUT2D eigenvalue weighted by molar-refractivity contribution is 7.88. The van der Waals surface area contributed by atoms with Crippen LogP contribution in [0.4, 0.5) is 0 Å². The Kier molecular flexibility index (Phi) is 6.08. The second-order valence-electron chi connectivity index (χ2n) is 6.93. The lowest BCUT2D eigenvalue weighted by Crippen LogP contribution is -2.46. The molecule has 1 rings (SSSR count). The molecule has 0 unspecified atom stereocenters. The Hall–Kier alpha value is -1.02. The van der Waals surface area contributed by atoms with Gasteiger partial charge in [0.1, 0.15) is 0 Å². The van der Waals surface area contributed by atoms with E-state index in [4.69, 9.17) is 0 Å². The van der Waals surface area contributed by atoms with Gasteiger partial charge in [-0.15, -0.1) is 5.10 Å². The van der Waals surface area contributed by atoms with Crippen molar-refractivity contribution in [3.8, 4) is 0 Å². The summed E-state index contributed by atoms with van der Waals surface area (Å²) in [5.74, 6) is 0.690. The van der Waals surface area contributed by atoms with Crippen molar-refractivity contribution in [3.63, 3.8) is 0 Å². The summed E-state index contributed by atoms with van der Waals surface area (Å²) < 4.78 is 27.0. The Morgan fingerprint density at radius 1 is 1.14 bits per heavy atom. The molecule has 0 spiro atoms. The zero-order valence-electron chi connectivity index (χ0n) is 13.4. The Morgan fingerprint density at radius 3 is 2.05 bits per heavy atom. The zero-order chi connectivity index (χ0) is 15.8. The van der Waals surface area contributed by atoms with Crippen LogP contribution >= 0.6 is 0 Å². The van der Waals surface area contributed by atoms with E-state index in [2.05, 4.69) is 15.5 Å². The van der Waals surface area contributed by atoms with Crippen LogP contribution in [-0.4, -0.2) is 51.3 Å². The van der Waals surface area contributed by atoms with Crippen LogP contribution in [0, 0.1) is 0 Å². The van der Waals surface area contributed by atoms with Crippen molar-refractivity contribution in [3.05, 3.63) is 5.82 Å². The fourth-order valence-corrected chi connectivity index (χ4v) is 3.50. The molecule has 1 aromatic heterocycles. The van der Waals surface area contributed by atoms with Crippen LogP contribution in [0.2, 0.25) is 0 Å². The van der Waals surface area contributed by atoms with E-state index in [1.807, 2.05) is 41.5 Å². The number of hydrogen-bond donors (Lipinski definition) is 0. The van der Waals surface area contributed by atoms with Crippen molar-refractivity contribution in [1.29, 1.82) is 0 Å². The summed E-state index contributed by atoms with van der Waals surface area (Å²) in [5.41, 5.74) is -0.690. The molecule has 0 saturated carbocycles. The van der Waals surface area contributed by atoms with E-state index in [1.54, 1.807) is 4.68 Å². The number of tetrazole rings is 1. The highest BCUT2D eigenvalue weighted by Crippen LogP contribution is 2.19. The molecule has 0 aromatic carbocycles. The summed E-state index contributed by atoms with van der Waals surface area (Å²) in [6, 6.07) is 0. The normalized spacial score (nSPS) is 13.3. The number of nitrogens with zero attached hydrogens (tertiary/aromatic N) is 5. The van der Waals surface area contributed by atoms with E-state index >= 15 is 0 Å². The van der Waals surface area contributed by atoms with Crippen molar-refractivity contribution < 1.29 is 8.42 Å². The maximum Gasteiger partial charge on any atom is 0.211 e. The molecule has 0 atom stereocenters. The van der Waals surface area contributed by atoms with Gasteiger partial charge in [0.2, 0.25) is 10.0 Å². The number of sulfonamides is 1. The first-order chi connectivity index (χ1) is 8.83. The smallest absolute Gasteiger partial charge is 0.211 e. The minimum absolute atomic E-state index is 0. The Morgan fingerprint density at radius 2 is 1.67 bits per heavy atom. The van der Waals surface area contributed by atoms with E-state index in [1.165, 1.54) is 10.6 Å². The fraction of sp³-hybridized carbons (Fsp3) is 0.923. The first kappa shape index (κ1) is 20.0. The third-order valence-electron chi connectivity index (χ3n) is 2.86. The zero-order valence-corrected chi connectivity index (χ0v) is 14.2. The predicted molar refractivity (Wildman–Crippen MR) is 84.6 cm³/mol. The highest BCUT2D eigenvalue weighted by atomic mass is 32.2. The first-order valence-electron chi connectivity index (χ1n) is 6.59. The van der Waals surface area contributed by atoms with Crippen molar-refractivity contribution in [1.82, 2.24) is 24.5 Å². The average molecular weight is 319 g/mol. The average Bonchev–Trinajstić information content (AvgIpc) is 2.60. The molecule has 0 saturated heterocycles. The molecule has 7 nitrogen and oxygen atoms in total. The first-order valence-corrected chi connectivity index (χ1v) is 8.44. The van der Waals surface area contributed by atoms with Crippen molar-refractivity contribution in [2.45, 2.75) is 66.5 Å². The predicted octanol–water partition coefficient (Wildman–Crippen LogP) is 1.67. The standard InChI is InChI=1S/C12H25N5O2S.CH4/c1-11(2,3)16(20(7,18)19)9-8-10-13-14-15-17(10)12(4,5)6;/h8-9H2,1-7H3;1H4. The van der Waals surface area contributed by atoms with Crippen LogP contribution in [0.3, 0.4) is 0 Å². The molecular formula is C13H29N5O2S. The largest absolute Gasteiger partial charge is 0.224 e. The van der Waals surface area contributed by atoms with Gasteiger partial charge in [0.05, 0.1) is 11.8 Å². The van der Waals surface area contributed by atoms with Crippen molar-refractivity contribution in [2.24, 2.45) is 0 Å². The molecular weight excluding hydrogens is 290 g/mol. The highest BCUT2D eigenvalue weighted by Gasteiger charge is 2.30. The van der Waals surface area contributed by atoms with Gasteiger partial charge in [0.15, 0.2) is 5.82 Å². The van der Waals surface area contributed by atoms with Gasteiger partial charge in [0, 0.05) is 18.5 Å². The quantitative estimate of drug-likeness (QED) is 0.843. The molecule has 0 N–H and O–H groups in total. The van der Waals surface area contributed by atoms with Gasteiger partial charge in [0.25, 0.3) is 0 Å². The lowest BCUT2D eigenvalue weighted by atomic mass is 10.1. The molecule has 124 valence electrons. The minimum Gasteiger partial charge on any atom is -0.224 e. The van der Waals surface area contributed by atoms with Gasteiger partial charge in [-0.2, -0.15) is 4.31 Å². The van der Waals surface area contributed by atoms with E-state index in [-0.39, 0.29) is 13.0 Å². The summed E-state index contributed by atoms with van der Waals surface area (Å²) in [7, 11) is -3.27. The maximum atomic E-state index is 11.9. The van der Waals surface area contributed by atoms with E-state index in [9.17, 15) is 8.42 Å². The SMILES string of the molecule is C.CC(C)(C)N(CCc1nnnn1C(C)(C)C)S(C)(=O)=O. The summed E-state index contributed by atoms with van der Waals surface area (Å²) in [6.45, 7) is 12.0. The second kappa shape index (κ2) is 6.39. The third kappa shape index (κ3) is 5.35. The maximum absolute atomic E-state index is 11.9. The number of aromatic nitrogens is 4. The van der Waals surface area contributed by atoms with Crippen LogP contribution in [-0.2, 0) is 22.0 Å². The van der Waals surface area contributed by atoms with Crippen LogP contribution in [0.1, 0.15) is 54.8 Å². The van der Waals surface area contributed by atoms with Crippen LogP contribution in [0.5, 0.6) is 0 Å². The summed E-state index contributed by atoms with van der Waals surface area (Å²) >= 11 is 0. The van der Waals surface area contributed by atoms with Crippen molar-refractivity contribution in [2.75, 3.05) is 12.8 Å². The van der Waals surface area contributed by atoms with E-state index in [0.717, 1.165) is 0 Å². The Balaban J connectivity index is 0.00000400. The van der Waals surface area contributed by atoms with Gasteiger partial charge in [-0.1, -0.05) is 7.43 Å². The Bertz CT molecular complexity index is 552. The summed E-state index contributed by atoms with van der Waals surface area (Å²) in [4.78, 5) is 0. The van der Waals surface area contributed by atoms with Crippen LogP contribution in [0.25, 0.3) is 0 Å². The summed E-state index contributed by atoms with van der Waals surface area (Å²) in [5, 5.41) is 11.7. The molecule has 1 aromatic rings. The van der Waals surface area contributed by atoms with E-state index in [0.29, 0.717) is 18.8 Å². The van der Waals surface area contributed by atoms with Gasteiger partial charge >= 0.3 is 0 Å². The molecule has 0 aliphatic carbocycles. The van der Waals surface area contributed by atoms with E-state index < -0.39 is 15.6 Å². The molecule has 0 fully saturated rings. The third-order valence-corrected chi connectivity index (χ3v) is 4.39. The molecule has 0 radical (unpaired) electrons. The van der Waals surface area contributed by atoms with Crippen molar-refractivity contribution >= 4 is 10.0 Å². The van der Waals surface area contributed by atoms with Gasteiger partial charge < -0.3 is 0 Å². The lowest BCUT2D eigenvalue weighted by Gasteiger charge is -2.33. The molecule has 0 bridgehead atoms. The molecule has 1 heterocycles. The number of hydrogen-bond acceptors (Lipinski definition) is 5. The van der Waals surface area contributed by atoms with Crippen LogP contribution in [0.15, 0.2) is 0 Å². The molecule has 0 aliphatic rings. The molecule has 21 heavy (non-hydrogen) atoms. The topological polar surface area (TPSA) is 81.0 Å². The Labute approximate surface area is 128 Å². The fourth-order valence-electron chi connectivity index (χ4n) is 2.08. The molecule has 0 amide bonds. The molecule has 8 heteroatoms. The lowest BCUT2D eigenvalue weighted by molar-refractivity contribution is 0.248. The van der Waals surface area contributed by atoms with Crippen LogP contribution < -0.4 is 0 Å². The monoisotopic (exact) mass is 319 g/mol. The second-order valence-corrected chi connectivity index (χ2v) is 8.84. The minimum atomic E-state index is -3.27. The van der Waals surface area contributed by atoms with Gasteiger partial charge in [-0.25, -0.2) is 13.1 Å². The number of rotatable bonds is 4. The molecule has 0 aliphatic heterocycles. The van der Waals surface area contributed by atoms with Gasteiger partial charge in [-0.05, 0) is 52.0 Å². The van der Waals surface area contributed by atoms with Gasteiger partial charge in [-0.3, -0.25) is 0 Å². The summed E-state index contributed by atoms with van der Waals surface area (Å²) in [6.07, 6.45) is 1.71.